The summed E-state index contributed by atoms with van der Waals surface area (Å²) in [5.41, 5.74) is 5.32. The van der Waals surface area contributed by atoms with E-state index in [0.717, 1.165) is 0 Å². The molecule has 0 aliphatic carbocycles. The Morgan fingerprint density at radius 1 is 1.64 bits per heavy atom. The van der Waals surface area contributed by atoms with Crippen molar-refractivity contribution >= 4 is 11.8 Å². The maximum atomic E-state index is 5.32. The van der Waals surface area contributed by atoms with Gasteiger partial charge >= 0.3 is 0 Å². The molecule has 0 bridgehead atoms. The van der Waals surface area contributed by atoms with Gasteiger partial charge in [-0.2, -0.15) is 10.1 Å². The molecule has 0 atom stereocenters. The quantitative estimate of drug-likeness (QED) is 0.714. The molecule has 7 nitrogen and oxygen atoms in total. The van der Waals surface area contributed by atoms with Gasteiger partial charge < -0.3 is 15.6 Å². The van der Waals surface area contributed by atoms with E-state index in [4.69, 9.17) is 10.3 Å². The standard InChI is InChI=1S/C7H10N6O/c1-13-3-2-5(11-13)9-7-10-6(4-8)14-12-7/h2-3H,4,8H2,1H3,(H,9,11,12). The number of aromatic nitrogens is 4. The molecule has 2 aromatic heterocycles. The smallest absolute Gasteiger partial charge is 0.269 e. The fourth-order valence-corrected chi connectivity index (χ4v) is 0.985. The van der Waals surface area contributed by atoms with Gasteiger partial charge in [-0.25, -0.2) is 0 Å². The van der Waals surface area contributed by atoms with Gasteiger partial charge in [-0.15, -0.1) is 0 Å². The van der Waals surface area contributed by atoms with Crippen molar-refractivity contribution in [2.24, 2.45) is 12.8 Å². The van der Waals surface area contributed by atoms with E-state index in [0.29, 0.717) is 17.7 Å². The summed E-state index contributed by atoms with van der Waals surface area (Å²) in [5, 5.41) is 10.6. The Morgan fingerprint density at radius 2 is 2.50 bits per heavy atom. The van der Waals surface area contributed by atoms with E-state index in [1.54, 1.807) is 10.7 Å². The van der Waals surface area contributed by atoms with Gasteiger partial charge in [0.05, 0.1) is 6.54 Å². The molecule has 2 rings (SSSR count). The van der Waals surface area contributed by atoms with Gasteiger partial charge in [0.2, 0.25) is 5.89 Å². The first-order chi connectivity index (χ1) is 6.78. The number of nitrogens with zero attached hydrogens (tertiary/aromatic N) is 4. The third-order valence-corrected chi connectivity index (χ3v) is 1.60. The van der Waals surface area contributed by atoms with Crippen LogP contribution in [0.2, 0.25) is 0 Å². The van der Waals surface area contributed by atoms with Crippen LogP contribution in [-0.4, -0.2) is 19.9 Å². The van der Waals surface area contributed by atoms with Gasteiger partial charge in [-0.3, -0.25) is 4.68 Å². The first kappa shape index (κ1) is 8.70. The monoisotopic (exact) mass is 194 g/mol. The summed E-state index contributed by atoms with van der Waals surface area (Å²) >= 11 is 0. The van der Waals surface area contributed by atoms with Crippen molar-refractivity contribution in [3.05, 3.63) is 18.2 Å². The Morgan fingerprint density at radius 3 is 3.07 bits per heavy atom. The summed E-state index contributed by atoms with van der Waals surface area (Å²) in [6.45, 7) is 0.233. The molecule has 0 amide bonds. The van der Waals surface area contributed by atoms with Crippen LogP contribution in [0.5, 0.6) is 0 Å². The molecular weight excluding hydrogens is 184 g/mol. The van der Waals surface area contributed by atoms with Crippen LogP contribution in [-0.2, 0) is 13.6 Å². The minimum absolute atomic E-state index is 0.233. The fraction of sp³-hybridized carbons (Fsp3) is 0.286. The van der Waals surface area contributed by atoms with Gasteiger partial charge in [0.15, 0.2) is 5.82 Å². The number of nitrogens with two attached hydrogens (primary N) is 1. The van der Waals surface area contributed by atoms with E-state index in [1.165, 1.54) is 0 Å². The summed E-state index contributed by atoms with van der Waals surface area (Å²) in [7, 11) is 1.83. The number of nitrogens with one attached hydrogen (secondary N) is 1. The molecule has 0 spiro atoms. The topological polar surface area (TPSA) is 94.8 Å². The summed E-state index contributed by atoms with van der Waals surface area (Å²) in [6, 6.07) is 1.80. The van der Waals surface area contributed by atoms with E-state index >= 15 is 0 Å². The summed E-state index contributed by atoms with van der Waals surface area (Å²) in [4.78, 5) is 3.97. The maximum Gasteiger partial charge on any atom is 0.269 e. The Bertz CT molecular complexity index is 419. The summed E-state index contributed by atoms with van der Waals surface area (Å²) < 4.78 is 6.48. The largest absolute Gasteiger partial charge is 0.336 e. The second-order valence-electron chi connectivity index (χ2n) is 2.72. The minimum Gasteiger partial charge on any atom is -0.336 e. The van der Waals surface area contributed by atoms with Crippen LogP contribution >= 0.6 is 0 Å². The van der Waals surface area contributed by atoms with E-state index in [9.17, 15) is 0 Å². The van der Waals surface area contributed by atoms with E-state index < -0.39 is 0 Å². The highest BCUT2D eigenvalue weighted by Gasteiger charge is 2.05. The molecule has 0 aliphatic heterocycles. The third kappa shape index (κ3) is 1.72. The van der Waals surface area contributed by atoms with Crippen LogP contribution in [0, 0.1) is 0 Å². The fourth-order valence-electron chi connectivity index (χ4n) is 0.985. The average molecular weight is 194 g/mol. The highest BCUT2D eigenvalue weighted by Crippen LogP contribution is 2.09. The molecule has 0 unspecified atom stereocenters. The third-order valence-electron chi connectivity index (χ3n) is 1.60. The zero-order valence-corrected chi connectivity index (χ0v) is 7.64. The molecule has 2 aromatic rings. The molecule has 0 aromatic carbocycles. The van der Waals surface area contributed by atoms with Gasteiger partial charge in [-0.05, 0) is 5.16 Å². The molecule has 0 radical (unpaired) electrons. The Kier molecular flexibility index (Phi) is 2.15. The molecule has 74 valence electrons. The highest BCUT2D eigenvalue weighted by molar-refractivity contribution is 5.45. The van der Waals surface area contributed by atoms with Crippen molar-refractivity contribution in [2.45, 2.75) is 6.54 Å². The number of hydrogen-bond donors (Lipinski definition) is 2. The molecule has 0 fully saturated rings. The van der Waals surface area contributed by atoms with Gasteiger partial charge in [0.1, 0.15) is 0 Å². The van der Waals surface area contributed by atoms with Gasteiger partial charge in [-0.1, -0.05) is 0 Å². The molecule has 14 heavy (non-hydrogen) atoms. The second kappa shape index (κ2) is 3.46. The molecule has 3 N–H and O–H groups in total. The molecule has 0 saturated carbocycles. The number of aryl methyl sites for hydroxylation is 1. The normalized spacial score (nSPS) is 10.4. The molecule has 0 saturated heterocycles. The van der Waals surface area contributed by atoms with Crippen LogP contribution in [0.25, 0.3) is 0 Å². The van der Waals surface area contributed by atoms with Crippen LogP contribution in [0.3, 0.4) is 0 Å². The van der Waals surface area contributed by atoms with Gasteiger partial charge in [0, 0.05) is 19.3 Å². The lowest BCUT2D eigenvalue weighted by atomic mass is 10.6. The van der Waals surface area contributed by atoms with Crippen molar-refractivity contribution in [1.29, 1.82) is 0 Å². The molecule has 0 aliphatic rings. The first-order valence-corrected chi connectivity index (χ1v) is 4.07. The predicted molar refractivity (Wildman–Crippen MR) is 48.7 cm³/mol. The van der Waals surface area contributed by atoms with Gasteiger partial charge in [0.25, 0.3) is 5.95 Å². The van der Waals surface area contributed by atoms with Crippen LogP contribution in [0.4, 0.5) is 11.8 Å². The molecule has 2 heterocycles. The van der Waals surface area contributed by atoms with E-state index in [-0.39, 0.29) is 6.54 Å². The van der Waals surface area contributed by atoms with Crippen molar-refractivity contribution in [3.63, 3.8) is 0 Å². The number of rotatable bonds is 3. The first-order valence-electron chi connectivity index (χ1n) is 4.07. The summed E-state index contributed by atoms with van der Waals surface area (Å²) in [5.74, 6) is 1.42. The zero-order chi connectivity index (χ0) is 9.97. The lowest BCUT2D eigenvalue weighted by molar-refractivity contribution is 0.381. The predicted octanol–water partition coefficient (Wildman–Crippen LogP) is 0.00540. The average Bonchev–Trinajstić information content (AvgIpc) is 2.76. The SMILES string of the molecule is Cn1ccc(Nc2noc(CN)n2)n1. The molecule has 7 heteroatoms. The Hall–Kier alpha value is -1.89. The highest BCUT2D eigenvalue weighted by atomic mass is 16.5. The van der Waals surface area contributed by atoms with E-state index in [2.05, 4.69) is 20.6 Å². The number of anilines is 2. The van der Waals surface area contributed by atoms with E-state index in [1.807, 2.05) is 13.2 Å². The maximum absolute atomic E-state index is 5.32. The molecular formula is C7H10N6O. The van der Waals surface area contributed by atoms with Crippen LogP contribution in [0.15, 0.2) is 16.8 Å². The zero-order valence-electron chi connectivity index (χ0n) is 7.64. The van der Waals surface area contributed by atoms with Crippen molar-refractivity contribution in [2.75, 3.05) is 5.32 Å². The lowest BCUT2D eigenvalue weighted by Gasteiger charge is -1.92. The van der Waals surface area contributed by atoms with Crippen molar-refractivity contribution in [3.8, 4) is 0 Å². The summed E-state index contributed by atoms with van der Waals surface area (Å²) in [6.07, 6.45) is 1.81. The lowest BCUT2D eigenvalue weighted by Crippen LogP contribution is -1.98. The second-order valence-corrected chi connectivity index (χ2v) is 2.72. The minimum atomic E-state index is 0.233. The van der Waals surface area contributed by atoms with Crippen LogP contribution < -0.4 is 11.1 Å². The number of hydrogen-bond acceptors (Lipinski definition) is 6. The van der Waals surface area contributed by atoms with Crippen LogP contribution in [0.1, 0.15) is 5.89 Å². The Balaban J connectivity index is 2.10. The van der Waals surface area contributed by atoms with Crippen molar-refractivity contribution in [1.82, 2.24) is 19.9 Å². The van der Waals surface area contributed by atoms with Crippen molar-refractivity contribution < 1.29 is 4.52 Å². The Labute approximate surface area is 79.9 Å².